The third-order valence-electron chi connectivity index (χ3n) is 0.784. The zero-order valence-corrected chi connectivity index (χ0v) is 4.22. The molecule has 0 aromatic rings. The first-order chi connectivity index (χ1) is 2.89. The zero-order chi connectivity index (χ0) is 4.41. The molecule has 1 rings (SSSR count). The van der Waals surface area contributed by atoms with Crippen molar-refractivity contribution in [1.29, 1.82) is 0 Å². The van der Waals surface area contributed by atoms with Crippen LogP contribution in [-0.2, 0) is 0 Å². The molecule has 0 amide bonds. The second kappa shape index (κ2) is 1.82. The maximum atomic E-state index is 4.78. The van der Waals surface area contributed by atoms with Gasteiger partial charge in [0.15, 0.2) is 0 Å². The van der Waals surface area contributed by atoms with Crippen molar-refractivity contribution in [1.82, 2.24) is 10.6 Å². The highest BCUT2D eigenvalue weighted by atomic mass is 32.1. The molecule has 0 spiro atoms. The summed E-state index contributed by atoms with van der Waals surface area (Å²) in [6.07, 6.45) is 0. The second-order valence-corrected chi connectivity index (χ2v) is 1.76. The summed E-state index contributed by atoms with van der Waals surface area (Å²) < 4.78 is 0. The van der Waals surface area contributed by atoms with Gasteiger partial charge in [0.25, 0.3) is 0 Å². The smallest absolute Gasteiger partial charge is 0.116 e. The molecule has 0 unspecified atom stereocenters. The molecule has 1 fully saturated rings. The molecule has 0 atom stereocenters. The van der Waals surface area contributed by atoms with Crippen molar-refractivity contribution in [2.24, 2.45) is 0 Å². The average Bonchev–Trinajstić information content (AvgIpc) is 1.86. The number of hydrogen-bond donors (Lipinski definition) is 2. The molecule has 1 radical (unpaired) electrons. The Morgan fingerprint density at radius 1 is 1.33 bits per heavy atom. The van der Waals surface area contributed by atoms with Crippen molar-refractivity contribution in [3.05, 3.63) is 0 Å². The first kappa shape index (κ1) is 4.43. The fraction of sp³-hybridized carbons (Fsp3) is 1.00. The van der Waals surface area contributed by atoms with E-state index in [9.17, 15) is 0 Å². The van der Waals surface area contributed by atoms with Gasteiger partial charge in [0, 0.05) is 13.1 Å². The SMILES string of the molecule is [S]C1NCCN1. The molecule has 2 nitrogen and oxygen atoms in total. The summed E-state index contributed by atoms with van der Waals surface area (Å²) in [5.41, 5.74) is 0.130. The minimum absolute atomic E-state index is 0.130. The molecule has 0 saturated carbocycles. The van der Waals surface area contributed by atoms with Gasteiger partial charge in [-0.05, 0) is 0 Å². The summed E-state index contributed by atoms with van der Waals surface area (Å²) in [5.74, 6) is 0. The van der Waals surface area contributed by atoms with E-state index >= 15 is 0 Å². The molecule has 1 aliphatic rings. The van der Waals surface area contributed by atoms with Crippen LogP contribution in [-0.4, -0.2) is 18.6 Å². The van der Waals surface area contributed by atoms with Crippen LogP contribution in [0.1, 0.15) is 0 Å². The summed E-state index contributed by atoms with van der Waals surface area (Å²) >= 11 is 4.78. The first-order valence-electron chi connectivity index (χ1n) is 2.02. The molecule has 1 saturated heterocycles. The summed E-state index contributed by atoms with van der Waals surface area (Å²) in [7, 11) is 0. The first-order valence-corrected chi connectivity index (χ1v) is 2.49. The lowest BCUT2D eigenvalue weighted by atomic mass is 10.7. The van der Waals surface area contributed by atoms with Crippen LogP contribution < -0.4 is 10.6 Å². The zero-order valence-electron chi connectivity index (χ0n) is 3.40. The number of nitrogens with one attached hydrogen (secondary N) is 2. The van der Waals surface area contributed by atoms with Gasteiger partial charge in [0.05, 0.1) is 0 Å². The minimum Gasteiger partial charge on any atom is -0.291 e. The van der Waals surface area contributed by atoms with E-state index in [4.69, 9.17) is 12.6 Å². The van der Waals surface area contributed by atoms with Crippen LogP contribution in [0.5, 0.6) is 0 Å². The van der Waals surface area contributed by atoms with Gasteiger partial charge in [-0.15, -0.1) is 0 Å². The topological polar surface area (TPSA) is 24.1 Å². The third-order valence-corrected chi connectivity index (χ3v) is 1.12. The van der Waals surface area contributed by atoms with Crippen molar-refractivity contribution in [3.63, 3.8) is 0 Å². The molecule has 0 aromatic heterocycles. The lowest BCUT2D eigenvalue weighted by Crippen LogP contribution is -2.23. The lowest BCUT2D eigenvalue weighted by Gasteiger charge is -1.94. The molecular weight excluding hydrogens is 96.1 g/mol. The van der Waals surface area contributed by atoms with Gasteiger partial charge in [-0.25, -0.2) is 0 Å². The monoisotopic (exact) mass is 103 g/mol. The Kier molecular flexibility index (Phi) is 1.34. The van der Waals surface area contributed by atoms with Gasteiger partial charge in [0.1, 0.15) is 5.50 Å². The van der Waals surface area contributed by atoms with E-state index in [0.717, 1.165) is 13.1 Å². The van der Waals surface area contributed by atoms with Crippen molar-refractivity contribution in [2.45, 2.75) is 5.50 Å². The van der Waals surface area contributed by atoms with Gasteiger partial charge in [-0.3, -0.25) is 10.6 Å². The molecule has 1 aliphatic heterocycles. The van der Waals surface area contributed by atoms with E-state index in [-0.39, 0.29) is 5.50 Å². The van der Waals surface area contributed by atoms with Gasteiger partial charge in [0.2, 0.25) is 0 Å². The summed E-state index contributed by atoms with van der Waals surface area (Å²) in [4.78, 5) is 0. The predicted octanol–water partition coefficient (Wildman–Crippen LogP) is -0.340. The van der Waals surface area contributed by atoms with E-state index in [1.807, 2.05) is 0 Å². The highest BCUT2D eigenvalue weighted by Gasteiger charge is 2.05. The quantitative estimate of drug-likeness (QED) is 0.438. The summed E-state index contributed by atoms with van der Waals surface area (Å²) in [6, 6.07) is 0. The van der Waals surface area contributed by atoms with Crippen molar-refractivity contribution < 1.29 is 0 Å². The largest absolute Gasteiger partial charge is 0.291 e. The van der Waals surface area contributed by atoms with Crippen LogP contribution >= 0.6 is 12.6 Å². The summed E-state index contributed by atoms with van der Waals surface area (Å²) in [5, 5.41) is 6.05. The standard InChI is InChI=1S/C3H7N2S/c6-3-4-1-2-5-3/h3-5H,1-2H2. The van der Waals surface area contributed by atoms with Gasteiger partial charge < -0.3 is 0 Å². The number of rotatable bonds is 0. The van der Waals surface area contributed by atoms with Gasteiger partial charge >= 0.3 is 0 Å². The molecule has 3 heteroatoms. The molecule has 1 heterocycles. The fourth-order valence-corrected chi connectivity index (χ4v) is 0.714. The van der Waals surface area contributed by atoms with Crippen molar-refractivity contribution in [3.8, 4) is 0 Å². The Morgan fingerprint density at radius 3 is 2.00 bits per heavy atom. The van der Waals surface area contributed by atoms with Gasteiger partial charge in [-0.2, -0.15) is 0 Å². The average molecular weight is 103 g/mol. The highest BCUT2D eigenvalue weighted by Crippen LogP contribution is 1.86. The van der Waals surface area contributed by atoms with Crippen molar-refractivity contribution >= 4 is 12.6 Å². The third kappa shape index (κ3) is 0.864. The normalized spacial score (nSPS) is 25.5. The van der Waals surface area contributed by atoms with Crippen molar-refractivity contribution in [2.75, 3.05) is 13.1 Å². The minimum atomic E-state index is 0.130. The van der Waals surface area contributed by atoms with Crippen LogP contribution in [0.4, 0.5) is 0 Å². The molecule has 6 heavy (non-hydrogen) atoms. The van der Waals surface area contributed by atoms with E-state index in [2.05, 4.69) is 10.6 Å². The van der Waals surface area contributed by atoms with Crippen LogP contribution in [0, 0.1) is 0 Å². The second-order valence-electron chi connectivity index (χ2n) is 1.29. The Bertz CT molecular complexity index is 42.1. The van der Waals surface area contributed by atoms with E-state index in [1.54, 1.807) is 0 Å². The molecule has 35 valence electrons. The lowest BCUT2D eigenvalue weighted by molar-refractivity contribution is 0.751. The van der Waals surface area contributed by atoms with Crippen LogP contribution in [0.15, 0.2) is 0 Å². The van der Waals surface area contributed by atoms with Gasteiger partial charge in [-0.1, -0.05) is 12.6 Å². The van der Waals surface area contributed by atoms with E-state index < -0.39 is 0 Å². The molecule has 0 aliphatic carbocycles. The van der Waals surface area contributed by atoms with Crippen LogP contribution in [0.3, 0.4) is 0 Å². The van der Waals surface area contributed by atoms with Crippen LogP contribution in [0.25, 0.3) is 0 Å². The molecule has 0 aromatic carbocycles. The highest BCUT2D eigenvalue weighted by molar-refractivity contribution is 7.80. The summed E-state index contributed by atoms with van der Waals surface area (Å²) in [6.45, 7) is 2.04. The van der Waals surface area contributed by atoms with E-state index in [1.165, 1.54) is 0 Å². The maximum absolute atomic E-state index is 4.78. The Hall–Kier alpha value is 0.270. The molecule has 2 N–H and O–H groups in total. The Balaban J connectivity index is 2.18. The fourth-order valence-electron chi connectivity index (χ4n) is 0.479. The Labute approximate surface area is 42.7 Å². The molecular formula is C3H7N2S. The predicted molar refractivity (Wildman–Crippen MR) is 27.4 cm³/mol. The molecule has 0 bridgehead atoms. The Morgan fingerprint density at radius 2 is 1.83 bits per heavy atom. The number of hydrogen-bond acceptors (Lipinski definition) is 2. The maximum Gasteiger partial charge on any atom is 0.116 e. The van der Waals surface area contributed by atoms with E-state index in [0.29, 0.717) is 0 Å². The van der Waals surface area contributed by atoms with Crippen LogP contribution in [0.2, 0.25) is 0 Å².